The monoisotopic (exact) mass is 285 g/mol. The van der Waals surface area contributed by atoms with Crippen molar-refractivity contribution in [1.29, 1.82) is 0 Å². The number of pyridine rings is 1. The highest BCUT2D eigenvalue weighted by atomic mass is 16.5. The molecule has 1 aromatic heterocycles. The lowest BCUT2D eigenvalue weighted by Crippen LogP contribution is -2.34. The van der Waals surface area contributed by atoms with E-state index >= 15 is 0 Å². The second-order valence-corrected chi connectivity index (χ2v) is 5.89. The molecule has 0 atom stereocenters. The maximum atomic E-state index is 6.15. The summed E-state index contributed by atoms with van der Waals surface area (Å²) in [6, 6.07) is 10.1. The van der Waals surface area contributed by atoms with Crippen molar-refractivity contribution in [2.24, 2.45) is 5.92 Å². The van der Waals surface area contributed by atoms with Crippen molar-refractivity contribution in [3.05, 3.63) is 36.0 Å². The molecule has 4 nitrogen and oxygen atoms in total. The van der Waals surface area contributed by atoms with Gasteiger partial charge in [-0.15, -0.1) is 0 Å². The molecule has 1 fully saturated rings. The molecule has 0 unspecified atom stereocenters. The van der Waals surface area contributed by atoms with E-state index in [9.17, 15) is 0 Å². The van der Waals surface area contributed by atoms with Crippen LogP contribution in [-0.4, -0.2) is 36.7 Å². The van der Waals surface area contributed by atoms with E-state index in [0.29, 0.717) is 5.92 Å². The maximum Gasteiger partial charge on any atom is 0.0726 e. The third-order valence-corrected chi connectivity index (χ3v) is 4.30. The molecule has 2 heterocycles. The maximum absolute atomic E-state index is 6.15. The Morgan fingerprint density at radius 3 is 2.81 bits per heavy atom. The summed E-state index contributed by atoms with van der Waals surface area (Å²) in [5.41, 5.74) is 9.03. The van der Waals surface area contributed by atoms with Crippen LogP contribution in [0.25, 0.3) is 10.9 Å². The number of aromatic nitrogens is 1. The molecule has 0 saturated carbocycles. The quantitative estimate of drug-likeness (QED) is 0.938. The fourth-order valence-electron chi connectivity index (χ4n) is 3.12. The Hall–Kier alpha value is -1.65. The lowest BCUT2D eigenvalue weighted by molar-refractivity contribution is 0.0964. The number of fused-ring (bicyclic) bond motifs is 1. The molecule has 3 rings (SSSR count). The third-order valence-electron chi connectivity index (χ3n) is 4.30. The first-order valence-electron chi connectivity index (χ1n) is 7.61. The largest absolute Gasteiger partial charge is 0.398 e. The number of ether oxygens (including phenoxy) is 1. The first-order valence-corrected chi connectivity index (χ1v) is 7.61. The van der Waals surface area contributed by atoms with E-state index in [4.69, 9.17) is 15.5 Å². The zero-order valence-electron chi connectivity index (χ0n) is 12.6. The van der Waals surface area contributed by atoms with Gasteiger partial charge >= 0.3 is 0 Å². The molecule has 2 N–H and O–H groups in total. The van der Waals surface area contributed by atoms with Crippen LogP contribution in [0.1, 0.15) is 18.5 Å². The van der Waals surface area contributed by atoms with Crippen molar-refractivity contribution in [2.45, 2.75) is 19.4 Å². The Morgan fingerprint density at radius 1 is 1.29 bits per heavy atom. The normalized spacial score (nSPS) is 17.4. The summed E-state index contributed by atoms with van der Waals surface area (Å²) in [5.74, 6) is 0.709. The van der Waals surface area contributed by atoms with Gasteiger partial charge in [-0.1, -0.05) is 18.2 Å². The molecular formula is C17H23N3O. The van der Waals surface area contributed by atoms with Gasteiger partial charge in [-0.25, -0.2) is 0 Å². The van der Waals surface area contributed by atoms with Gasteiger partial charge < -0.3 is 10.5 Å². The van der Waals surface area contributed by atoms with E-state index in [0.717, 1.165) is 48.5 Å². The third kappa shape index (κ3) is 3.34. The summed E-state index contributed by atoms with van der Waals surface area (Å²) >= 11 is 0. The van der Waals surface area contributed by atoms with Crippen molar-refractivity contribution < 1.29 is 4.74 Å². The number of methoxy groups -OCH3 is 1. The zero-order valence-corrected chi connectivity index (χ0v) is 12.6. The first-order chi connectivity index (χ1) is 10.3. The van der Waals surface area contributed by atoms with Crippen LogP contribution in [0.15, 0.2) is 30.3 Å². The van der Waals surface area contributed by atoms with Crippen molar-refractivity contribution in [3.63, 3.8) is 0 Å². The Kier molecular flexibility index (Phi) is 4.36. The van der Waals surface area contributed by atoms with Gasteiger partial charge in [0, 0.05) is 31.3 Å². The van der Waals surface area contributed by atoms with Crippen LogP contribution in [0.2, 0.25) is 0 Å². The number of benzene rings is 1. The molecule has 0 aliphatic carbocycles. The highest BCUT2D eigenvalue weighted by Gasteiger charge is 2.19. The number of nitrogens with two attached hydrogens (primary N) is 1. The molecule has 0 amide bonds. The second kappa shape index (κ2) is 6.41. The minimum absolute atomic E-state index is 0.709. The van der Waals surface area contributed by atoms with Gasteiger partial charge in [0.2, 0.25) is 0 Å². The number of hydrogen-bond donors (Lipinski definition) is 1. The van der Waals surface area contributed by atoms with Crippen molar-refractivity contribution in [1.82, 2.24) is 9.88 Å². The lowest BCUT2D eigenvalue weighted by atomic mass is 9.97. The fourth-order valence-corrected chi connectivity index (χ4v) is 3.12. The van der Waals surface area contributed by atoms with Crippen LogP contribution < -0.4 is 5.73 Å². The van der Waals surface area contributed by atoms with Crippen LogP contribution in [-0.2, 0) is 11.3 Å². The number of nitrogen functional groups attached to an aromatic ring is 1. The van der Waals surface area contributed by atoms with Gasteiger partial charge in [-0.05, 0) is 44.0 Å². The molecular weight excluding hydrogens is 262 g/mol. The van der Waals surface area contributed by atoms with Gasteiger partial charge in [-0.2, -0.15) is 0 Å². The van der Waals surface area contributed by atoms with Gasteiger partial charge in [0.05, 0.1) is 11.2 Å². The average Bonchev–Trinajstić information content (AvgIpc) is 2.50. The Bertz CT molecular complexity index is 606. The number of likely N-dealkylation sites (tertiary alicyclic amines) is 1. The van der Waals surface area contributed by atoms with Gasteiger partial charge in [0.1, 0.15) is 0 Å². The number of para-hydroxylation sites is 1. The van der Waals surface area contributed by atoms with Crippen molar-refractivity contribution in [3.8, 4) is 0 Å². The van der Waals surface area contributed by atoms with E-state index in [-0.39, 0.29) is 0 Å². The number of rotatable bonds is 4. The predicted molar refractivity (Wildman–Crippen MR) is 86.0 cm³/mol. The molecule has 4 heteroatoms. The van der Waals surface area contributed by atoms with E-state index < -0.39 is 0 Å². The van der Waals surface area contributed by atoms with Crippen LogP contribution in [0.5, 0.6) is 0 Å². The number of nitrogens with zero attached hydrogens (tertiary/aromatic N) is 2. The predicted octanol–water partition coefficient (Wildman–Crippen LogP) is 2.68. The summed E-state index contributed by atoms with van der Waals surface area (Å²) < 4.78 is 5.25. The Morgan fingerprint density at radius 2 is 2.05 bits per heavy atom. The minimum atomic E-state index is 0.709. The molecule has 112 valence electrons. The Labute approximate surface area is 125 Å². The molecule has 1 aliphatic heterocycles. The van der Waals surface area contributed by atoms with E-state index in [2.05, 4.69) is 4.90 Å². The van der Waals surface area contributed by atoms with E-state index in [1.54, 1.807) is 7.11 Å². The topological polar surface area (TPSA) is 51.4 Å². The first kappa shape index (κ1) is 14.3. The summed E-state index contributed by atoms with van der Waals surface area (Å²) in [6.45, 7) is 3.99. The van der Waals surface area contributed by atoms with Crippen LogP contribution in [0.4, 0.5) is 5.69 Å². The molecule has 1 aliphatic rings. The summed E-state index contributed by atoms with van der Waals surface area (Å²) in [7, 11) is 1.79. The van der Waals surface area contributed by atoms with Crippen LogP contribution in [0.3, 0.4) is 0 Å². The van der Waals surface area contributed by atoms with Gasteiger partial charge in [0.15, 0.2) is 0 Å². The second-order valence-electron chi connectivity index (χ2n) is 5.89. The summed E-state index contributed by atoms with van der Waals surface area (Å²) in [6.07, 6.45) is 2.41. The average molecular weight is 285 g/mol. The van der Waals surface area contributed by atoms with Gasteiger partial charge in [-0.3, -0.25) is 9.88 Å². The molecule has 0 spiro atoms. The number of piperidine rings is 1. The summed E-state index contributed by atoms with van der Waals surface area (Å²) in [5, 5.41) is 1.04. The lowest BCUT2D eigenvalue weighted by Gasteiger charge is -2.31. The van der Waals surface area contributed by atoms with E-state index in [1.807, 2.05) is 30.3 Å². The van der Waals surface area contributed by atoms with Crippen molar-refractivity contribution >= 4 is 16.6 Å². The highest BCUT2D eigenvalue weighted by molar-refractivity contribution is 5.90. The summed E-state index contributed by atoms with van der Waals surface area (Å²) in [4.78, 5) is 7.20. The molecule has 1 aromatic carbocycles. The van der Waals surface area contributed by atoms with E-state index in [1.165, 1.54) is 12.8 Å². The van der Waals surface area contributed by atoms with Gasteiger partial charge in [0.25, 0.3) is 0 Å². The van der Waals surface area contributed by atoms with Crippen LogP contribution in [0, 0.1) is 5.92 Å². The molecule has 0 bridgehead atoms. The Balaban J connectivity index is 1.68. The smallest absolute Gasteiger partial charge is 0.0726 e. The standard InChI is InChI=1S/C17H23N3O/c1-21-12-13-6-8-20(9-7-13)11-14-10-16(18)15-4-2-3-5-17(15)19-14/h2-5,10,13H,6-9,11-12H2,1H3,(H2,18,19). The molecule has 21 heavy (non-hydrogen) atoms. The molecule has 1 saturated heterocycles. The van der Waals surface area contributed by atoms with Crippen molar-refractivity contribution in [2.75, 3.05) is 32.5 Å². The highest BCUT2D eigenvalue weighted by Crippen LogP contribution is 2.23. The van der Waals surface area contributed by atoms with Crippen LogP contribution >= 0.6 is 0 Å². The fraction of sp³-hybridized carbons (Fsp3) is 0.471. The number of hydrogen-bond acceptors (Lipinski definition) is 4. The zero-order chi connectivity index (χ0) is 14.7. The SMILES string of the molecule is COCC1CCN(Cc2cc(N)c3ccccc3n2)CC1. The molecule has 2 aromatic rings. The minimum Gasteiger partial charge on any atom is -0.398 e. The number of anilines is 1. The molecule has 0 radical (unpaired) electrons.